The number of anilines is 2. The number of aromatic nitrogens is 4. The molecule has 2 heterocycles. The maximum atomic E-state index is 12.1. The van der Waals surface area contributed by atoms with E-state index in [2.05, 4.69) is 25.6 Å². The van der Waals surface area contributed by atoms with Crippen LogP contribution >= 0.6 is 23.8 Å². The lowest BCUT2D eigenvalue weighted by atomic mass is 10.2. The Morgan fingerprint density at radius 2 is 1.97 bits per heavy atom. The number of rotatable bonds is 7. The van der Waals surface area contributed by atoms with Crippen molar-refractivity contribution >= 4 is 40.4 Å². The van der Waals surface area contributed by atoms with Gasteiger partial charge in [-0.05, 0) is 23.8 Å². The maximum Gasteiger partial charge on any atom is 0.411 e. The molecule has 0 radical (unpaired) electrons. The number of thiocarbonyl (C=S) groups is 1. The van der Waals surface area contributed by atoms with E-state index in [9.17, 15) is 13.2 Å². The summed E-state index contributed by atoms with van der Waals surface area (Å²) in [4.78, 5) is 0. The van der Waals surface area contributed by atoms with Crippen molar-refractivity contribution in [3.8, 4) is 0 Å². The highest BCUT2D eigenvalue weighted by Crippen LogP contribution is 2.17. The standard InChI is InChI=1S/C17H16ClF3N6OS/c18-14-4-2-1-3-12(14)8-26-6-5-15(25-26)24-16(29)23-13-7-22-27(9-13)11-28-10-17(19,20)21/h1-7,9H,8,10-11H2,(H2,23,24,25,29). The second-order valence-electron chi connectivity index (χ2n) is 5.93. The van der Waals surface area contributed by atoms with Crippen molar-refractivity contribution in [1.82, 2.24) is 19.6 Å². The zero-order chi connectivity index (χ0) is 20.9. The molecule has 2 N–H and O–H groups in total. The number of alkyl halides is 3. The van der Waals surface area contributed by atoms with Crippen LogP contribution in [0.2, 0.25) is 5.02 Å². The van der Waals surface area contributed by atoms with E-state index in [0.717, 1.165) is 5.56 Å². The van der Waals surface area contributed by atoms with Gasteiger partial charge < -0.3 is 15.4 Å². The summed E-state index contributed by atoms with van der Waals surface area (Å²) < 4.78 is 43.7. The lowest BCUT2D eigenvalue weighted by Gasteiger charge is -2.08. The first-order valence-electron chi connectivity index (χ1n) is 8.30. The van der Waals surface area contributed by atoms with E-state index in [1.54, 1.807) is 16.9 Å². The molecule has 2 aromatic heterocycles. The number of ether oxygens (including phenoxy) is 1. The fourth-order valence-electron chi connectivity index (χ4n) is 2.35. The van der Waals surface area contributed by atoms with Gasteiger partial charge in [0.25, 0.3) is 0 Å². The third-order valence-corrected chi connectivity index (χ3v) is 4.13. The van der Waals surface area contributed by atoms with Crippen LogP contribution in [-0.2, 0) is 18.0 Å². The number of hydrogen-bond acceptors (Lipinski definition) is 4. The molecule has 0 fully saturated rings. The minimum atomic E-state index is -4.38. The molecule has 0 saturated heterocycles. The van der Waals surface area contributed by atoms with Gasteiger partial charge in [0.1, 0.15) is 13.3 Å². The normalized spacial score (nSPS) is 11.4. The van der Waals surface area contributed by atoms with Crippen LogP contribution in [0, 0.1) is 0 Å². The van der Waals surface area contributed by atoms with Crippen molar-refractivity contribution < 1.29 is 17.9 Å². The van der Waals surface area contributed by atoms with Crippen molar-refractivity contribution in [3.05, 3.63) is 59.5 Å². The number of nitrogens with one attached hydrogen (secondary N) is 2. The quantitative estimate of drug-likeness (QED) is 0.534. The Balaban J connectivity index is 1.49. The highest BCUT2D eigenvalue weighted by atomic mass is 35.5. The SMILES string of the molecule is FC(F)(F)COCn1cc(NC(=S)Nc2ccn(Cc3ccccc3Cl)n2)cn1. The predicted octanol–water partition coefficient (Wildman–Crippen LogP) is 4.13. The summed E-state index contributed by atoms with van der Waals surface area (Å²) in [5.41, 5.74) is 1.43. The highest BCUT2D eigenvalue weighted by molar-refractivity contribution is 7.80. The van der Waals surface area contributed by atoms with Gasteiger partial charge >= 0.3 is 6.18 Å². The first-order valence-corrected chi connectivity index (χ1v) is 9.09. The Kier molecular flexibility index (Phi) is 6.72. The second kappa shape index (κ2) is 9.25. The first kappa shape index (κ1) is 21.1. The molecule has 0 saturated carbocycles. The Labute approximate surface area is 174 Å². The summed E-state index contributed by atoms with van der Waals surface area (Å²) >= 11 is 11.4. The minimum absolute atomic E-state index is 0.253. The summed E-state index contributed by atoms with van der Waals surface area (Å²) in [5.74, 6) is 0.524. The van der Waals surface area contributed by atoms with Crippen LogP contribution in [0.5, 0.6) is 0 Å². The molecule has 0 unspecified atom stereocenters. The molecule has 0 amide bonds. The van der Waals surface area contributed by atoms with Crippen LogP contribution < -0.4 is 10.6 Å². The maximum absolute atomic E-state index is 12.1. The Bertz CT molecular complexity index is 974. The van der Waals surface area contributed by atoms with Gasteiger partial charge in [-0.2, -0.15) is 23.4 Å². The van der Waals surface area contributed by atoms with Crippen molar-refractivity contribution in [1.29, 1.82) is 0 Å². The highest BCUT2D eigenvalue weighted by Gasteiger charge is 2.27. The third-order valence-electron chi connectivity index (χ3n) is 3.55. The monoisotopic (exact) mass is 444 g/mol. The average Bonchev–Trinajstić information content (AvgIpc) is 3.25. The molecule has 0 bridgehead atoms. The molecule has 154 valence electrons. The lowest BCUT2D eigenvalue weighted by molar-refractivity contribution is -0.182. The summed E-state index contributed by atoms with van der Waals surface area (Å²) in [5, 5.41) is 15.0. The van der Waals surface area contributed by atoms with Crippen molar-refractivity contribution in [2.24, 2.45) is 0 Å². The van der Waals surface area contributed by atoms with Crippen LogP contribution in [-0.4, -0.2) is 37.5 Å². The van der Waals surface area contributed by atoms with E-state index >= 15 is 0 Å². The fraction of sp³-hybridized carbons (Fsp3) is 0.235. The van der Waals surface area contributed by atoms with E-state index in [0.29, 0.717) is 23.1 Å². The van der Waals surface area contributed by atoms with Gasteiger partial charge in [0, 0.05) is 17.3 Å². The minimum Gasteiger partial charge on any atom is -0.350 e. The van der Waals surface area contributed by atoms with Gasteiger partial charge in [0.05, 0.1) is 24.6 Å². The van der Waals surface area contributed by atoms with Crippen LogP contribution in [0.4, 0.5) is 24.7 Å². The van der Waals surface area contributed by atoms with Gasteiger partial charge in [0.15, 0.2) is 10.9 Å². The van der Waals surface area contributed by atoms with Gasteiger partial charge in [0.2, 0.25) is 0 Å². The van der Waals surface area contributed by atoms with E-state index < -0.39 is 12.8 Å². The molecule has 0 aliphatic carbocycles. The fourth-order valence-corrected chi connectivity index (χ4v) is 2.77. The molecule has 0 aliphatic rings. The molecule has 12 heteroatoms. The molecule has 0 spiro atoms. The summed E-state index contributed by atoms with van der Waals surface area (Å²) in [7, 11) is 0. The molecule has 7 nitrogen and oxygen atoms in total. The van der Waals surface area contributed by atoms with Gasteiger partial charge in [-0.3, -0.25) is 4.68 Å². The van der Waals surface area contributed by atoms with Crippen molar-refractivity contribution in [2.75, 3.05) is 17.2 Å². The van der Waals surface area contributed by atoms with Crippen LogP contribution in [0.25, 0.3) is 0 Å². The largest absolute Gasteiger partial charge is 0.411 e. The number of nitrogens with zero attached hydrogens (tertiary/aromatic N) is 4. The molecular weight excluding hydrogens is 429 g/mol. The summed E-state index contributed by atoms with van der Waals surface area (Å²) in [6.07, 6.45) is 0.292. The number of halogens is 4. The van der Waals surface area contributed by atoms with E-state index in [-0.39, 0.29) is 11.8 Å². The lowest BCUT2D eigenvalue weighted by Crippen LogP contribution is -2.19. The van der Waals surface area contributed by atoms with Crippen molar-refractivity contribution in [2.45, 2.75) is 19.5 Å². The Morgan fingerprint density at radius 3 is 2.72 bits per heavy atom. The van der Waals surface area contributed by atoms with Gasteiger partial charge in [-0.15, -0.1) is 0 Å². The molecular formula is C17H16ClF3N6OS. The van der Waals surface area contributed by atoms with Crippen LogP contribution in [0.1, 0.15) is 5.56 Å². The topological polar surface area (TPSA) is 68.9 Å². The van der Waals surface area contributed by atoms with Crippen molar-refractivity contribution in [3.63, 3.8) is 0 Å². The Morgan fingerprint density at radius 1 is 1.17 bits per heavy atom. The molecule has 0 aliphatic heterocycles. The van der Waals surface area contributed by atoms with Gasteiger partial charge in [-0.1, -0.05) is 29.8 Å². The van der Waals surface area contributed by atoms with Crippen LogP contribution in [0.3, 0.4) is 0 Å². The second-order valence-corrected chi connectivity index (χ2v) is 6.75. The predicted molar refractivity (Wildman–Crippen MR) is 107 cm³/mol. The van der Waals surface area contributed by atoms with Gasteiger partial charge in [-0.25, -0.2) is 4.68 Å². The number of benzene rings is 1. The molecule has 1 aromatic carbocycles. The summed E-state index contributed by atoms with van der Waals surface area (Å²) in [6, 6.07) is 9.24. The summed E-state index contributed by atoms with van der Waals surface area (Å²) in [6.45, 7) is -1.16. The zero-order valence-corrected chi connectivity index (χ0v) is 16.4. The zero-order valence-electron chi connectivity index (χ0n) is 14.9. The Hall–Kier alpha value is -2.63. The van der Waals surface area contributed by atoms with E-state index in [1.807, 2.05) is 24.3 Å². The molecule has 3 aromatic rings. The average molecular weight is 445 g/mol. The van der Waals surface area contributed by atoms with E-state index in [1.165, 1.54) is 17.1 Å². The molecule has 29 heavy (non-hydrogen) atoms. The molecule has 0 atom stereocenters. The molecule has 3 rings (SSSR count). The van der Waals surface area contributed by atoms with E-state index in [4.69, 9.17) is 23.8 Å². The van der Waals surface area contributed by atoms with Crippen LogP contribution in [0.15, 0.2) is 48.9 Å². The first-order chi connectivity index (χ1) is 13.8. The number of hydrogen-bond donors (Lipinski definition) is 2. The third kappa shape index (κ3) is 6.73. The smallest absolute Gasteiger partial charge is 0.350 e.